The lowest BCUT2D eigenvalue weighted by molar-refractivity contribution is -0.929. The van der Waals surface area contributed by atoms with Gasteiger partial charge in [-0.15, -0.1) is 8.78 Å². The van der Waals surface area contributed by atoms with Gasteiger partial charge in [-0.3, -0.25) is 4.84 Å². The first-order chi connectivity index (χ1) is 7.00. The number of aromatic nitrogens is 1. The molecule has 1 aromatic heterocycles. The third-order valence-corrected chi connectivity index (χ3v) is 1.43. The maximum Gasteiger partial charge on any atom is 0.451 e. The van der Waals surface area contributed by atoms with Gasteiger partial charge in [-0.1, -0.05) is 6.58 Å². The Labute approximate surface area is 81.2 Å². The van der Waals surface area contributed by atoms with Gasteiger partial charge in [-0.2, -0.15) is 13.2 Å². The Kier molecular flexibility index (Phi) is 3.23. The van der Waals surface area contributed by atoms with Crippen LogP contribution in [0.3, 0.4) is 0 Å². The van der Waals surface area contributed by atoms with Crippen LogP contribution in [0.25, 0.3) is 0 Å². The summed E-state index contributed by atoms with van der Waals surface area (Å²) >= 11 is 0. The second-order valence-electron chi connectivity index (χ2n) is 2.40. The van der Waals surface area contributed by atoms with Gasteiger partial charge in [-0.25, -0.2) is 0 Å². The second kappa shape index (κ2) is 4.24. The molecular weight excluding hydrogens is 221 g/mol. The zero-order valence-corrected chi connectivity index (χ0v) is 7.24. The standard InChI is InChI=1S/C8H5F5NO/c1-2-3-15-14-7(12)5(10)4(9)6(11)8(14)13/h2H,1,3H2/q+1. The van der Waals surface area contributed by atoms with E-state index in [0.717, 1.165) is 6.08 Å². The molecule has 0 amide bonds. The minimum absolute atomic E-state index is 0.400. The van der Waals surface area contributed by atoms with Gasteiger partial charge in [0.1, 0.15) is 0 Å². The van der Waals surface area contributed by atoms with E-state index in [4.69, 9.17) is 0 Å². The summed E-state index contributed by atoms with van der Waals surface area (Å²) in [4.78, 5) is 4.24. The fourth-order valence-electron chi connectivity index (χ4n) is 0.783. The molecule has 0 radical (unpaired) electrons. The van der Waals surface area contributed by atoms with Crippen molar-refractivity contribution >= 4 is 0 Å². The first-order valence-electron chi connectivity index (χ1n) is 3.68. The highest BCUT2D eigenvalue weighted by molar-refractivity contribution is 4.99. The Balaban J connectivity index is 3.31. The number of pyridine rings is 1. The van der Waals surface area contributed by atoms with Crippen molar-refractivity contribution in [3.8, 4) is 0 Å². The Morgan fingerprint density at radius 3 is 1.87 bits per heavy atom. The predicted octanol–water partition coefficient (Wildman–Crippen LogP) is 1.28. The van der Waals surface area contributed by atoms with Gasteiger partial charge in [0.05, 0.1) is 4.73 Å². The van der Waals surface area contributed by atoms with Crippen LogP contribution in [0.4, 0.5) is 22.0 Å². The van der Waals surface area contributed by atoms with Gasteiger partial charge < -0.3 is 0 Å². The average molecular weight is 226 g/mol. The number of rotatable bonds is 3. The highest BCUT2D eigenvalue weighted by Crippen LogP contribution is 2.12. The Morgan fingerprint density at radius 1 is 1.00 bits per heavy atom. The molecule has 0 fully saturated rings. The monoisotopic (exact) mass is 226 g/mol. The van der Waals surface area contributed by atoms with Crippen molar-refractivity contribution in [3.05, 3.63) is 42.0 Å². The van der Waals surface area contributed by atoms with E-state index < -0.39 is 40.7 Å². The molecule has 0 aliphatic heterocycles. The summed E-state index contributed by atoms with van der Waals surface area (Å²) < 4.78 is 62.8. The minimum Gasteiger partial charge on any atom is -0.261 e. The van der Waals surface area contributed by atoms with Crippen LogP contribution in [0.2, 0.25) is 0 Å². The highest BCUT2D eigenvalue weighted by atomic mass is 19.2. The van der Waals surface area contributed by atoms with Crippen molar-refractivity contribution in [3.63, 3.8) is 0 Å². The number of halogens is 5. The first kappa shape index (κ1) is 11.4. The summed E-state index contributed by atoms with van der Waals surface area (Å²) in [5, 5.41) is 0. The lowest BCUT2D eigenvalue weighted by Gasteiger charge is -1.99. The van der Waals surface area contributed by atoms with Crippen molar-refractivity contribution in [2.75, 3.05) is 6.61 Å². The van der Waals surface area contributed by atoms with E-state index in [1.165, 1.54) is 0 Å². The molecule has 0 N–H and O–H groups in total. The Hall–Kier alpha value is -1.66. The first-order valence-corrected chi connectivity index (χ1v) is 3.68. The van der Waals surface area contributed by atoms with Gasteiger partial charge in [0.15, 0.2) is 6.61 Å². The van der Waals surface area contributed by atoms with Crippen LogP contribution in [0.1, 0.15) is 0 Å². The van der Waals surface area contributed by atoms with Gasteiger partial charge in [0, 0.05) is 0 Å². The normalized spacial score (nSPS) is 10.2. The third-order valence-electron chi connectivity index (χ3n) is 1.43. The molecule has 7 heteroatoms. The molecule has 0 spiro atoms. The summed E-state index contributed by atoms with van der Waals surface area (Å²) in [5.41, 5.74) is 0. The molecule has 82 valence electrons. The molecule has 15 heavy (non-hydrogen) atoms. The number of hydrogen-bond donors (Lipinski definition) is 0. The van der Waals surface area contributed by atoms with Crippen LogP contribution >= 0.6 is 0 Å². The SMILES string of the molecule is C=CCO[n+]1c(F)c(F)c(F)c(F)c1F. The highest BCUT2D eigenvalue weighted by Gasteiger charge is 2.35. The van der Waals surface area contributed by atoms with Crippen LogP contribution in [-0.2, 0) is 0 Å². The van der Waals surface area contributed by atoms with E-state index in [1.807, 2.05) is 0 Å². The van der Waals surface area contributed by atoms with Crippen molar-refractivity contribution < 1.29 is 31.5 Å². The summed E-state index contributed by atoms with van der Waals surface area (Å²) in [5.74, 6) is -10.5. The molecule has 1 heterocycles. The number of nitrogens with zero attached hydrogens (tertiary/aromatic N) is 1. The van der Waals surface area contributed by atoms with Gasteiger partial charge in [0.25, 0.3) is 11.6 Å². The fourth-order valence-corrected chi connectivity index (χ4v) is 0.783. The second-order valence-corrected chi connectivity index (χ2v) is 2.40. The molecular formula is C8H5F5NO+. The summed E-state index contributed by atoms with van der Waals surface area (Å²) in [6.45, 7) is 2.75. The lowest BCUT2D eigenvalue weighted by Crippen LogP contribution is -2.52. The topological polar surface area (TPSA) is 13.1 Å². The van der Waals surface area contributed by atoms with E-state index in [9.17, 15) is 22.0 Å². The van der Waals surface area contributed by atoms with Crippen LogP contribution in [0.5, 0.6) is 0 Å². The molecule has 0 aliphatic rings. The molecule has 0 saturated carbocycles. The molecule has 0 saturated heterocycles. The van der Waals surface area contributed by atoms with Crippen LogP contribution < -0.4 is 9.57 Å². The summed E-state index contributed by atoms with van der Waals surface area (Å²) in [6.07, 6.45) is 1.09. The largest absolute Gasteiger partial charge is 0.451 e. The van der Waals surface area contributed by atoms with Crippen molar-refractivity contribution in [2.45, 2.75) is 0 Å². The van der Waals surface area contributed by atoms with Crippen molar-refractivity contribution in [1.82, 2.24) is 0 Å². The van der Waals surface area contributed by atoms with E-state index in [-0.39, 0.29) is 0 Å². The van der Waals surface area contributed by atoms with Crippen LogP contribution in [-0.4, -0.2) is 6.61 Å². The number of hydrogen-bond acceptors (Lipinski definition) is 1. The molecule has 0 aliphatic carbocycles. The summed E-state index contributed by atoms with van der Waals surface area (Å²) in [6, 6.07) is 0. The third kappa shape index (κ3) is 1.90. The molecule has 0 atom stereocenters. The lowest BCUT2D eigenvalue weighted by atomic mass is 10.4. The minimum atomic E-state index is -2.23. The smallest absolute Gasteiger partial charge is 0.261 e. The maximum atomic E-state index is 12.8. The zero-order valence-electron chi connectivity index (χ0n) is 7.24. The molecule has 1 aromatic rings. The quantitative estimate of drug-likeness (QED) is 0.327. The summed E-state index contributed by atoms with van der Waals surface area (Å²) in [7, 11) is 0. The van der Waals surface area contributed by atoms with E-state index in [0.29, 0.717) is 0 Å². The molecule has 0 aromatic carbocycles. The molecule has 1 rings (SSSR count). The Morgan fingerprint density at radius 2 is 1.47 bits per heavy atom. The Bertz CT molecular complexity index is 378. The fraction of sp³-hybridized carbons (Fsp3) is 0.125. The van der Waals surface area contributed by atoms with Crippen LogP contribution in [0, 0.1) is 29.3 Å². The van der Waals surface area contributed by atoms with E-state index in [1.54, 1.807) is 0 Å². The van der Waals surface area contributed by atoms with Crippen molar-refractivity contribution in [1.29, 1.82) is 0 Å². The van der Waals surface area contributed by atoms with Gasteiger partial charge in [0.2, 0.25) is 5.82 Å². The maximum absolute atomic E-state index is 12.8. The average Bonchev–Trinajstić information content (AvgIpc) is 2.24. The zero-order chi connectivity index (χ0) is 11.6. The van der Waals surface area contributed by atoms with E-state index >= 15 is 0 Å². The van der Waals surface area contributed by atoms with Crippen LogP contribution in [0.15, 0.2) is 12.7 Å². The van der Waals surface area contributed by atoms with E-state index in [2.05, 4.69) is 11.4 Å². The molecule has 0 unspecified atom stereocenters. The molecule has 2 nitrogen and oxygen atoms in total. The van der Waals surface area contributed by atoms with Gasteiger partial charge in [-0.05, 0) is 6.08 Å². The van der Waals surface area contributed by atoms with Crippen molar-refractivity contribution in [2.24, 2.45) is 0 Å². The predicted molar refractivity (Wildman–Crippen MR) is 38.1 cm³/mol. The van der Waals surface area contributed by atoms with Gasteiger partial charge >= 0.3 is 11.9 Å². The molecule has 0 bridgehead atoms.